The highest BCUT2D eigenvalue weighted by atomic mass is 16.6. The lowest BCUT2D eigenvalue weighted by Gasteiger charge is -2.06. The zero-order valence-electron chi connectivity index (χ0n) is 9.86. The Labute approximate surface area is 99.7 Å². The van der Waals surface area contributed by atoms with Gasteiger partial charge < -0.3 is 14.8 Å². The molecule has 0 unspecified atom stereocenters. The molecule has 0 aliphatic heterocycles. The monoisotopic (exact) mass is 237 g/mol. The molecule has 0 saturated heterocycles. The van der Waals surface area contributed by atoms with Crippen molar-refractivity contribution in [2.45, 2.75) is 6.92 Å². The molecule has 0 fully saturated rings. The molecule has 5 heteroatoms. The number of nitrogens with one attached hydrogen (secondary N) is 1. The molecule has 1 aromatic rings. The van der Waals surface area contributed by atoms with Gasteiger partial charge in [-0.25, -0.2) is 4.79 Å². The molecule has 0 radical (unpaired) electrons. The number of esters is 1. The molecule has 5 nitrogen and oxygen atoms in total. The average Bonchev–Trinajstić information content (AvgIpc) is 2.30. The van der Waals surface area contributed by atoms with Crippen molar-refractivity contribution in [3.63, 3.8) is 0 Å². The molecule has 92 valence electrons. The fourth-order valence-corrected chi connectivity index (χ4v) is 1.14. The number of methoxy groups -OCH3 is 1. The average molecular weight is 237 g/mol. The zero-order chi connectivity index (χ0) is 12.7. The van der Waals surface area contributed by atoms with E-state index in [1.165, 1.54) is 7.11 Å². The summed E-state index contributed by atoms with van der Waals surface area (Å²) < 4.78 is 9.23. The van der Waals surface area contributed by atoms with E-state index in [9.17, 15) is 9.59 Å². The molecule has 0 bridgehead atoms. The summed E-state index contributed by atoms with van der Waals surface area (Å²) in [7, 11) is 1.38. The SMILES string of the molecule is COCC(=O)OCC(=O)Nc1ccc(C)cc1. The van der Waals surface area contributed by atoms with Gasteiger partial charge in [-0.1, -0.05) is 17.7 Å². The number of hydrogen-bond donors (Lipinski definition) is 1. The van der Waals surface area contributed by atoms with E-state index >= 15 is 0 Å². The third kappa shape index (κ3) is 5.12. The molecule has 0 saturated carbocycles. The van der Waals surface area contributed by atoms with Crippen molar-refractivity contribution in [1.82, 2.24) is 0 Å². The van der Waals surface area contributed by atoms with Crippen LogP contribution < -0.4 is 5.32 Å². The van der Waals surface area contributed by atoms with Crippen molar-refractivity contribution in [3.05, 3.63) is 29.8 Å². The van der Waals surface area contributed by atoms with E-state index in [0.717, 1.165) is 5.56 Å². The summed E-state index contributed by atoms with van der Waals surface area (Å²) in [5.41, 5.74) is 1.78. The molecule has 1 N–H and O–H groups in total. The third-order valence-electron chi connectivity index (χ3n) is 1.96. The van der Waals surface area contributed by atoms with Crippen LogP contribution in [0, 0.1) is 6.92 Å². The van der Waals surface area contributed by atoms with E-state index in [0.29, 0.717) is 5.69 Å². The summed E-state index contributed by atoms with van der Waals surface area (Å²) in [5, 5.41) is 2.61. The van der Waals surface area contributed by atoms with Crippen LogP contribution in [0.5, 0.6) is 0 Å². The summed E-state index contributed by atoms with van der Waals surface area (Å²) in [6.45, 7) is 1.49. The zero-order valence-corrected chi connectivity index (χ0v) is 9.86. The van der Waals surface area contributed by atoms with Gasteiger partial charge >= 0.3 is 5.97 Å². The lowest BCUT2D eigenvalue weighted by molar-refractivity contribution is -0.150. The van der Waals surface area contributed by atoms with Gasteiger partial charge in [-0.3, -0.25) is 4.79 Å². The smallest absolute Gasteiger partial charge is 0.332 e. The van der Waals surface area contributed by atoms with E-state index in [1.54, 1.807) is 12.1 Å². The van der Waals surface area contributed by atoms with Crippen LogP contribution >= 0.6 is 0 Å². The second-order valence-electron chi connectivity index (χ2n) is 3.51. The van der Waals surface area contributed by atoms with E-state index in [4.69, 9.17) is 0 Å². The van der Waals surface area contributed by atoms with Crippen LogP contribution in [-0.2, 0) is 19.1 Å². The van der Waals surface area contributed by atoms with Crippen LogP contribution in [-0.4, -0.2) is 32.2 Å². The number of carbonyl (C=O) groups excluding carboxylic acids is 2. The molecule has 0 aliphatic carbocycles. The molecular weight excluding hydrogens is 222 g/mol. The van der Waals surface area contributed by atoms with Gasteiger partial charge in [0.2, 0.25) is 0 Å². The first-order valence-electron chi connectivity index (χ1n) is 5.13. The summed E-state index contributed by atoms with van der Waals surface area (Å²) in [5.74, 6) is -0.940. The van der Waals surface area contributed by atoms with Crippen LogP contribution in [0.2, 0.25) is 0 Å². The summed E-state index contributed by atoms with van der Waals surface area (Å²) in [6.07, 6.45) is 0. The summed E-state index contributed by atoms with van der Waals surface area (Å²) >= 11 is 0. The van der Waals surface area contributed by atoms with Crippen molar-refractivity contribution >= 4 is 17.6 Å². The number of benzene rings is 1. The maximum absolute atomic E-state index is 11.4. The molecule has 1 rings (SSSR count). The second kappa shape index (κ2) is 6.65. The molecule has 0 aromatic heterocycles. The predicted molar refractivity (Wildman–Crippen MR) is 62.6 cm³/mol. The molecule has 0 aliphatic rings. The Morgan fingerprint density at radius 1 is 1.18 bits per heavy atom. The van der Waals surface area contributed by atoms with Crippen LogP contribution in [0.15, 0.2) is 24.3 Å². The standard InChI is InChI=1S/C12H15NO4/c1-9-3-5-10(6-4-9)13-11(14)7-17-12(15)8-16-2/h3-6H,7-8H2,1-2H3,(H,13,14). The molecule has 0 heterocycles. The van der Waals surface area contributed by atoms with E-state index < -0.39 is 5.97 Å². The predicted octanol–water partition coefficient (Wildman–Crippen LogP) is 1.12. The Morgan fingerprint density at radius 3 is 2.41 bits per heavy atom. The minimum atomic E-state index is -0.563. The Bertz CT molecular complexity index is 386. The second-order valence-corrected chi connectivity index (χ2v) is 3.51. The number of amides is 1. The third-order valence-corrected chi connectivity index (χ3v) is 1.96. The minimum Gasteiger partial charge on any atom is -0.454 e. The number of carbonyl (C=O) groups is 2. The van der Waals surface area contributed by atoms with Gasteiger partial charge in [0.1, 0.15) is 6.61 Å². The highest BCUT2D eigenvalue weighted by molar-refractivity contribution is 5.92. The number of anilines is 1. The number of rotatable bonds is 5. The van der Waals surface area contributed by atoms with Gasteiger partial charge in [0.05, 0.1) is 0 Å². The fraction of sp³-hybridized carbons (Fsp3) is 0.333. The summed E-state index contributed by atoms with van der Waals surface area (Å²) in [6, 6.07) is 7.33. The summed E-state index contributed by atoms with van der Waals surface area (Å²) in [4.78, 5) is 22.3. The lowest BCUT2D eigenvalue weighted by Crippen LogP contribution is -2.22. The van der Waals surface area contributed by atoms with E-state index in [2.05, 4.69) is 14.8 Å². The van der Waals surface area contributed by atoms with Gasteiger partial charge in [-0.05, 0) is 19.1 Å². The Balaban J connectivity index is 2.34. The quantitative estimate of drug-likeness (QED) is 0.779. The molecule has 17 heavy (non-hydrogen) atoms. The van der Waals surface area contributed by atoms with Crippen LogP contribution in [0.4, 0.5) is 5.69 Å². The van der Waals surface area contributed by atoms with Crippen molar-refractivity contribution in [3.8, 4) is 0 Å². The van der Waals surface area contributed by atoms with Crippen LogP contribution in [0.1, 0.15) is 5.56 Å². The maximum atomic E-state index is 11.4. The van der Waals surface area contributed by atoms with Crippen molar-refractivity contribution < 1.29 is 19.1 Å². The van der Waals surface area contributed by atoms with Crippen LogP contribution in [0.25, 0.3) is 0 Å². The van der Waals surface area contributed by atoms with Crippen molar-refractivity contribution in [2.24, 2.45) is 0 Å². The van der Waals surface area contributed by atoms with Crippen molar-refractivity contribution in [2.75, 3.05) is 25.6 Å². The maximum Gasteiger partial charge on any atom is 0.332 e. The normalized spacial score (nSPS) is 9.76. The topological polar surface area (TPSA) is 64.6 Å². The minimum absolute atomic E-state index is 0.155. The molecule has 1 aromatic carbocycles. The number of ether oxygens (including phenoxy) is 2. The first-order valence-corrected chi connectivity index (χ1v) is 5.13. The highest BCUT2D eigenvalue weighted by Gasteiger charge is 2.07. The van der Waals surface area contributed by atoms with Gasteiger partial charge in [0.25, 0.3) is 5.91 Å². The Hall–Kier alpha value is -1.88. The van der Waals surface area contributed by atoms with Gasteiger partial charge in [0.15, 0.2) is 6.61 Å². The van der Waals surface area contributed by atoms with Gasteiger partial charge in [0, 0.05) is 12.8 Å². The lowest BCUT2D eigenvalue weighted by atomic mass is 10.2. The molecule has 0 atom stereocenters. The van der Waals surface area contributed by atoms with Gasteiger partial charge in [-0.2, -0.15) is 0 Å². The first kappa shape index (κ1) is 13.2. The molecule has 1 amide bonds. The Morgan fingerprint density at radius 2 is 1.82 bits per heavy atom. The Kier molecular flexibility index (Phi) is 5.16. The fourth-order valence-electron chi connectivity index (χ4n) is 1.14. The van der Waals surface area contributed by atoms with E-state index in [1.807, 2.05) is 19.1 Å². The number of aryl methyl sites for hydroxylation is 1. The van der Waals surface area contributed by atoms with Crippen molar-refractivity contribution in [1.29, 1.82) is 0 Å². The molecular formula is C12H15NO4. The van der Waals surface area contributed by atoms with E-state index in [-0.39, 0.29) is 19.1 Å². The molecule has 0 spiro atoms. The number of hydrogen-bond acceptors (Lipinski definition) is 4. The van der Waals surface area contributed by atoms with Gasteiger partial charge in [-0.15, -0.1) is 0 Å². The first-order chi connectivity index (χ1) is 8.11. The largest absolute Gasteiger partial charge is 0.454 e. The van der Waals surface area contributed by atoms with Crippen LogP contribution in [0.3, 0.4) is 0 Å². The highest BCUT2D eigenvalue weighted by Crippen LogP contribution is 2.08.